The number of imide groups is 1. The average Bonchev–Trinajstić information content (AvgIpc) is 3.50. The van der Waals surface area contributed by atoms with Gasteiger partial charge in [-0.15, -0.1) is 0 Å². The second kappa shape index (κ2) is 8.51. The first-order valence-corrected chi connectivity index (χ1v) is 10.5. The number of hydrogen-bond acceptors (Lipinski definition) is 4. The summed E-state index contributed by atoms with van der Waals surface area (Å²) in [4.78, 5) is 52.9. The summed E-state index contributed by atoms with van der Waals surface area (Å²) in [5.74, 6) is -1.11. The Kier molecular flexibility index (Phi) is 5.78. The highest BCUT2D eigenvalue weighted by Gasteiger charge is 2.48. The van der Waals surface area contributed by atoms with E-state index in [9.17, 15) is 19.2 Å². The lowest BCUT2D eigenvalue weighted by Crippen LogP contribution is -2.47. The third kappa shape index (κ3) is 4.61. The number of halogens is 1. The highest BCUT2D eigenvalue weighted by Crippen LogP contribution is 2.35. The van der Waals surface area contributed by atoms with E-state index < -0.39 is 11.9 Å². The van der Waals surface area contributed by atoms with Gasteiger partial charge in [-0.2, -0.15) is 0 Å². The van der Waals surface area contributed by atoms with Crippen molar-refractivity contribution < 1.29 is 19.2 Å². The minimum atomic E-state index is -0.796. The van der Waals surface area contributed by atoms with Gasteiger partial charge in [0.2, 0.25) is 17.7 Å². The fourth-order valence-electron chi connectivity index (χ4n) is 3.85. The van der Waals surface area contributed by atoms with E-state index in [0.29, 0.717) is 16.4 Å². The Morgan fingerprint density at radius 3 is 2.29 bits per heavy atom. The maximum absolute atomic E-state index is 13.2. The summed E-state index contributed by atoms with van der Waals surface area (Å²) in [6.45, 7) is 1.40. The summed E-state index contributed by atoms with van der Waals surface area (Å²) < 4.78 is 0. The maximum atomic E-state index is 13.2. The van der Waals surface area contributed by atoms with Crippen molar-refractivity contribution in [3.05, 3.63) is 59.1 Å². The van der Waals surface area contributed by atoms with Gasteiger partial charge in [-0.3, -0.25) is 19.2 Å². The van der Waals surface area contributed by atoms with Crippen LogP contribution in [0, 0.1) is 0 Å². The van der Waals surface area contributed by atoms with Crippen LogP contribution in [0.5, 0.6) is 0 Å². The van der Waals surface area contributed by atoms with E-state index in [2.05, 4.69) is 5.32 Å². The molecule has 2 aromatic rings. The zero-order valence-electron chi connectivity index (χ0n) is 17.0. The van der Waals surface area contributed by atoms with Crippen LogP contribution in [-0.4, -0.2) is 40.6 Å². The van der Waals surface area contributed by atoms with Gasteiger partial charge < -0.3 is 10.2 Å². The molecule has 2 aromatic carbocycles. The van der Waals surface area contributed by atoms with Crippen LogP contribution in [0.4, 0.5) is 11.4 Å². The SMILES string of the molecule is CC(=O)Nc1ccc(N2C(=O)CC(N(C(=O)Cc3ccc(Cl)cc3)C3CC3)C2=O)cc1. The Labute approximate surface area is 185 Å². The fraction of sp³-hybridized carbons (Fsp3) is 0.304. The molecule has 31 heavy (non-hydrogen) atoms. The van der Waals surface area contributed by atoms with Crippen LogP contribution in [0.1, 0.15) is 31.7 Å². The Balaban J connectivity index is 1.52. The van der Waals surface area contributed by atoms with Crippen LogP contribution in [0.15, 0.2) is 48.5 Å². The van der Waals surface area contributed by atoms with Gasteiger partial charge in [0, 0.05) is 23.7 Å². The molecule has 0 bridgehead atoms. The minimum Gasteiger partial charge on any atom is -0.327 e. The predicted octanol–water partition coefficient (Wildman–Crippen LogP) is 3.16. The van der Waals surface area contributed by atoms with Crippen molar-refractivity contribution in [3.63, 3.8) is 0 Å². The van der Waals surface area contributed by atoms with E-state index in [-0.39, 0.29) is 36.6 Å². The molecule has 1 N–H and O–H groups in total. The smallest absolute Gasteiger partial charge is 0.257 e. The average molecular weight is 440 g/mol. The molecule has 0 spiro atoms. The first-order valence-electron chi connectivity index (χ1n) is 10.1. The lowest BCUT2D eigenvalue weighted by molar-refractivity contribution is -0.138. The number of carbonyl (C=O) groups is 4. The van der Waals surface area contributed by atoms with E-state index in [1.807, 2.05) is 0 Å². The quantitative estimate of drug-likeness (QED) is 0.700. The normalized spacial score (nSPS) is 18.3. The highest BCUT2D eigenvalue weighted by atomic mass is 35.5. The van der Waals surface area contributed by atoms with Gasteiger partial charge in [-0.1, -0.05) is 23.7 Å². The number of benzene rings is 2. The third-order valence-corrected chi connectivity index (χ3v) is 5.65. The van der Waals surface area contributed by atoms with Gasteiger partial charge in [0.1, 0.15) is 6.04 Å². The van der Waals surface area contributed by atoms with E-state index in [1.54, 1.807) is 53.4 Å². The van der Waals surface area contributed by atoms with Gasteiger partial charge in [-0.05, 0) is 54.8 Å². The molecule has 4 amide bonds. The van der Waals surface area contributed by atoms with E-state index >= 15 is 0 Å². The van der Waals surface area contributed by atoms with Crippen molar-refractivity contribution in [1.29, 1.82) is 0 Å². The summed E-state index contributed by atoms with van der Waals surface area (Å²) in [5.41, 5.74) is 1.80. The molecule has 2 fully saturated rings. The van der Waals surface area contributed by atoms with Crippen LogP contribution < -0.4 is 10.2 Å². The van der Waals surface area contributed by atoms with E-state index in [4.69, 9.17) is 11.6 Å². The number of rotatable bonds is 6. The number of nitrogens with zero attached hydrogens (tertiary/aromatic N) is 2. The predicted molar refractivity (Wildman–Crippen MR) is 117 cm³/mol. The molecule has 4 rings (SSSR count). The Morgan fingerprint density at radius 1 is 1.06 bits per heavy atom. The van der Waals surface area contributed by atoms with E-state index in [0.717, 1.165) is 23.3 Å². The number of hydrogen-bond donors (Lipinski definition) is 1. The van der Waals surface area contributed by atoms with Crippen molar-refractivity contribution in [2.24, 2.45) is 0 Å². The molecule has 160 valence electrons. The highest BCUT2D eigenvalue weighted by molar-refractivity contribution is 6.30. The molecule has 2 aliphatic rings. The standard InChI is InChI=1S/C23H22ClN3O4/c1-14(28)25-17-6-8-19(9-7-17)27-22(30)13-20(23(27)31)26(18-10-11-18)21(29)12-15-2-4-16(24)5-3-15/h2-9,18,20H,10-13H2,1H3,(H,25,28). The monoisotopic (exact) mass is 439 g/mol. The maximum Gasteiger partial charge on any atom is 0.257 e. The van der Waals surface area contributed by atoms with Crippen molar-refractivity contribution >= 4 is 46.6 Å². The van der Waals surface area contributed by atoms with Gasteiger partial charge in [0.05, 0.1) is 18.5 Å². The molecule has 8 heteroatoms. The zero-order valence-corrected chi connectivity index (χ0v) is 17.8. The largest absolute Gasteiger partial charge is 0.327 e. The molecule has 1 heterocycles. The Bertz CT molecular complexity index is 1030. The summed E-state index contributed by atoms with van der Waals surface area (Å²) in [6, 6.07) is 12.7. The second-order valence-corrected chi connectivity index (χ2v) is 8.29. The number of anilines is 2. The number of nitrogens with one attached hydrogen (secondary N) is 1. The molecule has 1 saturated carbocycles. The molecule has 1 aliphatic carbocycles. The fourth-order valence-corrected chi connectivity index (χ4v) is 3.98. The van der Waals surface area contributed by atoms with Crippen molar-refractivity contribution in [2.45, 2.75) is 44.7 Å². The molecular formula is C23H22ClN3O4. The van der Waals surface area contributed by atoms with Crippen molar-refractivity contribution in [1.82, 2.24) is 4.90 Å². The summed E-state index contributed by atoms with van der Waals surface area (Å²) in [7, 11) is 0. The minimum absolute atomic E-state index is 0.0105. The molecular weight excluding hydrogens is 418 g/mol. The van der Waals surface area contributed by atoms with Crippen molar-refractivity contribution in [3.8, 4) is 0 Å². The Morgan fingerprint density at radius 2 is 1.71 bits per heavy atom. The Hall–Kier alpha value is -3.19. The van der Waals surface area contributed by atoms with Gasteiger partial charge >= 0.3 is 0 Å². The van der Waals surface area contributed by atoms with Crippen LogP contribution in [0.25, 0.3) is 0 Å². The first kappa shape index (κ1) is 21.1. The van der Waals surface area contributed by atoms with E-state index in [1.165, 1.54) is 6.92 Å². The summed E-state index contributed by atoms with van der Waals surface area (Å²) in [6.07, 6.45) is 1.78. The van der Waals surface area contributed by atoms with Crippen LogP contribution >= 0.6 is 11.6 Å². The first-order chi connectivity index (χ1) is 14.8. The summed E-state index contributed by atoms with van der Waals surface area (Å²) in [5, 5.41) is 3.24. The molecule has 1 saturated heterocycles. The zero-order chi connectivity index (χ0) is 22.1. The lowest BCUT2D eigenvalue weighted by atomic mass is 10.1. The van der Waals surface area contributed by atoms with Gasteiger partial charge in [0.25, 0.3) is 5.91 Å². The topological polar surface area (TPSA) is 86.8 Å². The van der Waals surface area contributed by atoms with Crippen LogP contribution in [0.3, 0.4) is 0 Å². The van der Waals surface area contributed by atoms with Crippen LogP contribution in [-0.2, 0) is 25.6 Å². The lowest BCUT2D eigenvalue weighted by Gasteiger charge is -2.28. The number of carbonyl (C=O) groups excluding carboxylic acids is 4. The molecule has 1 unspecified atom stereocenters. The van der Waals surface area contributed by atoms with Gasteiger partial charge in [0.15, 0.2) is 0 Å². The molecule has 7 nitrogen and oxygen atoms in total. The molecule has 1 aliphatic heterocycles. The number of amides is 4. The molecule has 0 radical (unpaired) electrons. The second-order valence-electron chi connectivity index (χ2n) is 7.85. The third-order valence-electron chi connectivity index (χ3n) is 5.40. The summed E-state index contributed by atoms with van der Waals surface area (Å²) >= 11 is 5.92. The molecule has 1 atom stereocenters. The van der Waals surface area contributed by atoms with Gasteiger partial charge in [-0.25, -0.2) is 4.90 Å². The molecule has 0 aromatic heterocycles. The van der Waals surface area contributed by atoms with Crippen molar-refractivity contribution in [2.75, 3.05) is 10.2 Å². The van der Waals surface area contributed by atoms with Crippen LogP contribution in [0.2, 0.25) is 5.02 Å².